The summed E-state index contributed by atoms with van der Waals surface area (Å²) >= 11 is 0. The number of nitriles is 1. The molecule has 2 aromatic rings. The van der Waals surface area contributed by atoms with E-state index in [2.05, 4.69) is 6.07 Å². The minimum absolute atomic E-state index is 0.196. The minimum atomic E-state index is -0.285. The van der Waals surface area contributed by atoms with Gasteiger partial charge in [-0.1, -0.05) is 26.0 Å². The zero-order valence-electron chi connectivity index (χ0n) is 13.9. The number of esters is 1. The monoisotopic (exact) mass is 321 g/mol. The summed E-state index contributed by atoms with van der Waals surface area (Å²) in [6, 6.07) is 16.6. The molecule has 0 amide bonds. The third-order valence-corrected chi connectivity index (χ3v) is 3.38. The van der Waals surface area contributed by atoms with E-state index in [0.717, 1.165) is 16.9 Å². The van der Waals surface area contributed by atoms with Gasteiger partial charge in [-0.2, -0.15) is 5.26 Å². The van der Waals surface area contributed by atoms with Gasteiger partial charge < -0.3 is 9.47 Å². The molecule has 0 spiro atoms. The van der Waals surface area contributed by atoms with E-state index in [1.807, 2.05) is 18.2 Å². The molecule has 122 valence electrons. The number of rotatable bonds is 5. The van der Waals surface area contributed by atoms with E-state index < -0.39 is 0 Å². The predicted molar refractivity (Wildman–Crippen MR) is 93.4 cm³/mol. The van der Waals surface area contributed by atoms with Crippen molar-refractivity contribution in [2.24, 2.45) is 5.92 Å². The Morgan fingerprint density at radius 2 is 1.83 bits per heavy atom. The number of allylic oxidation sites excluding steroid dienone is 1. The molecule has 0 heterocycles. The van der Waals surface area contributed by atoms with E-state index in [1.54, 1.807) is 57.4 Å². The molecule has 0 aliphatic rings. The Labute approximate surface area is 141 Å². The maximum absolute atomic E-state index is 11.7. The van der Waals surface area contributed by atoms with E-state index >= 15 is 0 Å². The Balaban J connectivity index is 2.27. The number of methoxy groups -OCH3 is 1. The SMILES string of the molecule is COc1ccc(/C(C#N)=C\c2cccc(OC(=O)C(C)C)c2)cc1. The summed E-state index contributed by atoms with van der Waals surface area (Å²) in [4.78, 5) is 11.7. The molecule has 0 radical (unpaired) electrons. The molecular weight excluding hydrogens is 302 g/mol. The first-order valence-electron chi connectivity index (χ1n) is 7.61. The Morgan fingerprint density at radius 3 is 2.42 bits per heavy atom. The van der Waals surface area contributed by atoms with Gasteiger partial charge in [-0.05, 0) is 53.6 Å². The van der Waals surface area contributed by atoms with Crippen molar-refractivity contribution in [2.45, 2.75) is 13.8 Å². The van der Waals surface area contributed by atoms with E-state index in [9.17, 15) is 10.1 Å². The van der Waals surface area contributed by atoms with E-state index in [4.69, 9.17) is 9.47 Å². The van der Waals surface area contributed by atoms with Gasteiger partial charge in [0.15, 0.2) is 0 Å². The van der Waals surface area contributed by atoms with E-state index in [-0.39, 0.29) is 11.9 Å². The van der Waals surface area contributed by atoms with Crippen LogP contribution in [0.4, 0.5) is 0 Å². The van der Waals surface area contributed by atoms with Crippen LogP contribution in [-0.2, 0) is 4.79 Å². The molecule has 0 saturated heterocycles. The molecule has 2 rings (SSSR count). The molecule has 0 atom stereocenters. The standard InChI is InChI=1S/C20H19NO3/c1-14(2)20(22)24-19-6-4-5-15(12-19)11-17(13-21)16-7-9-18(23-3)10-8-16/h4-12,14H,1-3H3/b17-11-. The number of carbonyl (C=O) groups is 1. The molecule has 0 saturated carbocycles. The van der Waals surface area contributed by atoms with E-state index in [1.165, 1.54) is 0 Å². The number of ether oxygens (including phenoxy) is 2. The van der Waals surface area contributed by atoms with Crippen molar-refractivity contribution in [1.82, 2.24) is 0 Å². The van der Waals surface area contributed by atoms with Gasteiger partial charge in [0.25, 0.3) is 0 Å². The predicted octanol–water partition coefficient (Wildman–Crippen LogP) is 4.32. The van der Waals surface area contributed by atoms with Crippen molar-refractivity contribution in [3.8, 4) is 17.6 Å². The fourth-order valence-electron chi connectivity index (χ4n) is 2.02. The Bertz CT molecular complexity index is 783. The fourth-order valence-corrected chi connectivity index (χ4v) is 2.02. The zero-order chi connectivity index (χ0) is 17.5. The van der Waals surface area contributed by atoms with Crippen LogP contribution in [0.15, 0.2) is 48.5 Å². The summed E-state index contributed by atoms with van der Waals surface area (Å²) in [6.45, 7) is 3.56. The second-order valence-corrected chi connectivity index (χ2v) is 5.55. The Kier molecular flexibility index (Phi) is 5.75. The first kappa shape index (κ1) is 17.3. The van der Waals surface area contributed by atoms with Gasteiger partial charge in [0.1, 0.15) is 11.5 Å². The van der Waals surface area contributed by atoms with Crippen LogP contribution in [0.25, 0.3) is 11.6 Å². The fraction of sp³-hybridized carbons (Fsp3) is 0.200. The minimum Gasteiger partial charge on any atom is -0.497 e. The Hall–Kier alpha value is -3.06. The lowest BCUT2D eigenvalue weighted by Gasteiger charge is -2.07. The highest BCUT2D eigenvalue weighted by Gasteiger charge is 2.10. The average molecular weight is 321 g/mol. The Morgan fingerprint density at radius 1 is 1.12 bits per heavy atom. The van der Waals surface area contributed by atoms with Crippen LogP contribution < -0.4 is 9.47 Å². The smallest absolute Gasteiger partial charge is 0.313 e. The molecule has 0 aliphatic carbocycles. The van der Waals surface area contributed by atoms with Crippen molar-refractivity contribution in [3.63, 3.8) is 0 Å². The van der Waals surface area contributed by atoms with Crippen LogP contribution in [0.5, 0.6) is 11.5 Å². The largest absolute Gasteiger partial charge is 0.497 e. The maximum Gasteiger partial charge on any atom is 0.313 e. The van der Waals surface area contributed by atoms with Gasteiger partial charge in [0.05, 0.1) is 24.7 Å². The number of carbonyl (C=O) groups excluding carboxylic acids is 1. The molecule has 0 N–H and O–H groups in total. The van der Waals surface area contributed by atoms with Crippen molar-refractivity contribution in [1.29, 1.82) is 5.26 Å². The van der Waals surface area contributed by atoms with Gasteiger partial charge in [0, 0.05) is 0 Å². The zero-order valence-corrected chi connectivity index (χ0v) is 13.9. The molecule has 4 heteroatoms. The average Bonchev–Trinajstić information content (AvgIpc) is 2.60. The second-order valence-electron chi connectivity index (χ2n) is 5.55. The normalized spacial score (nSPS) is 11.0. The summed E-state index contributed by atoms with van der Waals surface area (Å²) in [6.07, 6.45) is 1.76. The third kappa shape index (κ3) is 4.47. The molecule has 4 nitrogen and oxygen atoms in total. The topological polar surface area (TPSA) is 59.3 Å². The first-order chi connectivity index (χ1) is 11.5. The van der Waals surface area contributed by atoms with Gasteiger partial charge in [0.2, 0.25) is 0 Å². The van der Waals surface area contributed by atoms with Crippen LogP contribution in [0.3, 0.4) is 0 Å². The van der Waals surface area contributed by atoms with E-state index in [0.29, 0.717) is 11.3 Å². The highest BCUT2D eigenvalue weighted by atomic mass is 16.5. The summed E-state index contributed by atoms with van der Waals surface area (Å²) in [5.41, 5.74) is 2.10. The summed E-state index contributed by atoms with van der Waals surface area (Å²) in [7, 11) is 1.60. The summed E-state index contributed by atoms with van der Waals surface area (Å²) in [5, 5.41) is 9.42. The van der Waals surface area contributed by atoms with Crippen LogP contribution in [-0.4, -0.2) is 13.1 Å². The molecule has 0 fully saturated rings. The van der Waals surface area contributed by atoms with Gasteiger partial charge >= 0.3 is 5.97 Å². The molecule has 24 heavy (non-hydrogen) atoms. The lowest BCUT2D eigenvalue weighted by atomic mass is 10.0. The lowest BCUT2D eigenvalue weighted by Crippen LogP contribution is -2.14. The second kappa shape index (κ2) is 7.98. The molecule has 0 aliphatic heterocycles. The molecule has 0 unspecified atom stereocenters. The quantitative estimate of drug-likeness (QED) is 0.356. The van der Waals surface area contributed by atoms with Gasteiger partial charge in [-0.3, -0.25) is 4.79 Å². The van der Waals surface area contributed by atoms with Crippen molar-refractivity contribution in [3.05, 3.63) is 59.7 Å². The van der Waals surface area contributed by atoms with Crippen molar-refractivity contribution >= 4 is 17.6 Å². The van der Waals surface area contributed by atoms with Crippen LogP contribution in [0.2, 0.25) is 0 Å². The first-order valence-corrected chi connectivity index (χ1v) is 7.61. The number of nitrogens with zero attached hydrogens (tertiary/aromatic N) is 1. The van der Waals surface area contributed by atoms with Crippen LogP contribution in [0.1, 0.15) is 25.0 Å². The number of benzene rings is 2. The molecule has 2 aromatic carbocycles. The van der Waals surface area contributed by atoms with Crippen molar-refractivity contribution < 1.29 is 14.3 Å². The molecule has 0 aromatic heterocycles. The van der Waals surface area contributed by atoms with Gasteiger partial charge in [-0.25, -0.2) is 0 Å². The highest BCUT2D eigenvalue weighted by Crippen LogP contribution is 2.23. The van der Waals surface area contributed by atoms with Gasteiger partial charge in [-0.15, -0.1) is 0 Å². The van der Waals surface area contributed by atoms with Crippen LogP contribution in [0, 0.1) is 17.2 Å². The number of hydrogen-bond acceptors (Lipinski definition) is 4. The molecular formula is C20H19NO3. The molecule has 0 bridgehead atoms. The van der Waals surface area contributed by atoms with Crippen molar-refractivity contribution in [2.75, 3.05) is 7.11 Å². The maximum atomic E-state index is 11.7. The summed E-state index contributed by atoms with van der Waals surface area (Å²) in [5.74, 6) is 0.720. The lowest BCUT2D eigenvalue weighted by molar-refractivity contribution is -0.137. The van der Waals surface area contributed by atoms with Crippen LogP contribution >= 0.6 is 0 Å². The number of hydrogen-bond donors (Lipinski definition) is 0. The third-order valence-electron chi connectivity index (χ3n) is 3.38. The summed E-state index contributed by atoms with van der Waals surface area (Å²) < 4.78 is 10.4. The highest BCUT2D eigenvalue weighted by molar-refractivity contribution is 5.89.